The largest absolute Gasteiger partial charge is 0.325 e. The SMILES string of the molecule is O=C(c1ccccc1)c1ccc(CN2CCN(C(=O)N3CCCC3)CC2)cc1. The van der Waals surface area contributed by atoms with Gasteiger partial charge in [0.05, 0.1) is 0 Å². The average Bonchev–Trinajstić information content (AvgIpc) is 3.29. The van der Waals surface area contributed by atoms with E-state index in [4.69, 9.17) is 0 Å². The van der Waals surface area contributed by atoms with Crippen molar-refractivity contribution in [2.24, 2.45) is 0 Å². The van der Waals surface area contributed by atoms with E-state index in [1.165, 1.54) is 5.56 Å². The molecular weight excluding hydrogens is 350 g/mol. The molecule has 2 aliphatic rings. The quantitative estimate of drug-likeness (QED) is 0.769. The second-order valence-corrected chi connectivity index (χ2v) is 7.63. The van der Waals surface area contributed by atoms with Gasteiger partial charge >= 0.3 is 6.03 Å². The zero-order chi connectivity index (χ0) is 19.3. The summed E-state index contributed by atoms with van der Waals surface area (Å²) in [5.74, 6) is 0.0567. The van der Waals surface area contributed by atoms with Crippen LogP contribution in [-0.2, 0) is 6.54 Å². The van der Waals surface area contributed by atoms with Gasteiger partial charge < -0.3 is 9.80 Å². The van der Waals surface area contributed by atoms with Crippen LogP contribution in [0.1, 0.15) is 34.3 Å². The molecule has 0 N–H and O–H groups in total. The number of carbonyl (C=O) groups excluding carboxylic acids is 2. The number of urea groups is 1. The topological polar surface area (TPSA) is 43.9 Å². The average molecular weight is 377 g/mol. The van der Waals surface area contributed by atoms with E-state index in [0.29, 0.717) is 5.56 Å². The normalized spacial score (nSPS) is 17.7. The summed E-state index contributed by atoms with van der Waals surface area (Å²) < 4.78 is 0. The summed E-state index contributed by atoms with van der Waals surface area (Å²) >= 11 is 0. The lowest BCUT2D eigenvalue weighted by atomic mass is 10.0. The molecule has 0 aromatic heterocycles. The van der Waals surface area contributed by atoms with E-state index in [1.807, 2.05) is 64.4 Å². The van der Waals surface area contributed by atoms with Gasteiger partial charge in [0, 0.05) is 56.9 Å². The molecule has 28 heavy (non-hydrogen) atoms. The second-order valence-electron chi connectivity index (χ2n) is 7.63. The number of likely N-dealkylation sites (tertiary alicyclic amines) is 1. The van der Waals surface area contributed by atoms with Gasteiger partial charge in [-0.1, -0.05) is 54.6 Å². The van der Waals surface area contributed by atoms with E-state index in [9.17, 15) is 9.59 Å². The number of carbonyl (C=O) groups is 2. The lowest BCUT2D eigenvalue weighted by Crippen LogP contribution is -2.52. The molecule has 5 nitrogen and oxygen atoms in total. The molecule has 2 amide bonds. The molecule has 0 radical (unpaired) electrons. The van der Waals surface area contributed by atoms with Crippen molar-refractivity contribution in [3.05, 3.63) is 71.3 Å². The van der Waals surface area contributed by atoms with Gasteiger partial charge in [-0.3, -0.25) is 9.69 Å². The fraction of sp³-hybridized carbons (Fsp3) is 0.391. The number of rotatable bonds is 4. The monoisotopic (exact) mass is 377 g/mol. The first kappa shape index (κ1) is 18.7. The number of piperazine rings is 1. The predicted molar refractivity (Wildman–Crippen MR) is 109 cm³/mol. The molecule has 0 aliphatic carbocycles. The first-order chi connectivity index (χ1) is 13.7. The maximum Gasteiger partial charge on any atom is 0.320 e. The number of ketones is 1. The summed E-state index contributed by atoms with van der Waals surface area (Å²) in [7, 11) is 0. The number of hydrogen-bond acceptors (Lipinski definition) is 3. The smallest absolute Gasteiger partial charge is 0.320 e. The Hall–Kier alpha value is -2.66. The summed E-state index contributed by atoms with van der Waals surface area (Å²) in [6.07, 6.45) is 2.27. The third-order valence-electron chi connectivity index (χ3n) is 5.68. The minimum absolute atomic E-state index is 0.0567. The molecule has 0 saturated carbocycles. The Morgan fingerprint density at radius 2 is 1.25 bits per heavy atom. The molecule has 0 unspecified atom stereocenters. The van der Waals surface area contributed by atoms with Gasteiger partial charge in [0.2, 0.25) is 0 Å². The standard InChI is InChI=1S/C23H27N3O2/c27-22(20-6-2-1-3-7-20)21-10-8-19(9-11-21)18-24-14-16-26(17-15-24)23(28)25-12-4-5-13-25/h1-3,6-11H,4-5,12-18H2. The second kappa shape index (κ2) is 8.57. The lowest BCUT2D eigenvalue weighted by Gasteiger charge is -2.36. The van der Waals surface area contributed by atoms with Gasteiger partial charge in [0.15, 0.2) is 5.78 Å². The van der Waals surface area contributed by atoms with Crippen molar-refractivity contribution in [3.8, 4) is 0 Å². The van der Waals surface area contributed by atoms with Crippen LogP contribution in [0.3, 0.4) is 0 Å². The van der Waals surface area contributed by atoms with E-state index in [2.05, 4.69) is 4.90 Å². The van der Waals surface area contributed by atoms with Crippen molar-refractivity contribution in [2.45, 2.75) is 19.4 Å². The molecule has 146 valence electrons. The Morgan fingerprint density at radius 3 is 1.89 bits per heavy atom. The van der Waals surface area contributed by atoms with Gasteiger partial charge in [-0.25, -0.2) is 4.79 Å². The molecule has 2 fully saturated rings. The van der Waals surface area contributed by atoms with Gasteiger partial charge in [-0.05, 0) is 18.4 Å². The fourth-order valence-corrected chi connectivity index (χ4v) is 3.98. The van der Waals surface area contributed by atoms with Crippen LogP contribution < -0.4 is 0 Å². The summed E-state index contributed by atoms with van der Waals surface area (Å²) in [5, 5.41) is 0. The van der Waals surface area contributed by atoms with Crippen LogP contribution in [0.5, 0.6) is 0 Å². The Bertz CT molecular complexity index is 806. The van der Waals surface area contributed by atoms with E-state index in [0.717, 1.165) is 64.2 Å². The number of amides is 2. The molecule has 4 rings (SSSR count). The van der Waals surface area contributed by atoms with Crippen LogP contribution in [0.15, 0.2) is 54.6 Å². The molecule has 5 heteroatoms. The van der Waals surface area contributed by atoms with E-state index >= 15 is 0 Å². The molecule has 0 atom stereocenters. The van der Waals surface area contributed by atoms with Crippen molar-refractivity contribution in [1.29, 1.82) is 0 Å². The van der Waals surface area contributed by atoms with E-state index < -0.39 is 0 Å². The third kappa shape index (κ3) is 4.25. The highest BCUT2D eigenvalue weighted by molar-refractivity contribution is 6.08. The minimum atomic E-state index is 0.0567. The summed E-state index contributed by atoms with van der Waals surface area (Å²) in [5.41, 5.74) is 2.63. The number of nitrogens with zero attached hydrogens (tertiary/aromatic N) is 3. The van der Waals surface area contributed by atoms with Crippen molar-refractivity contribution < 1.29 is 9.59 Å². The molecule has 2 aromatic carbocycles. The highest BCUT2D eigenvalue weighted by Crippen LogP contribution is 2.15. The van der Waals surface area contributed by atoms with Crippen LogP contribution in [0.4, 0.5) is 4.79 Å². The molecule has 2 saturated heterocycles. The Morgan fingerprint density at radius 1 is 0.679 bits per heavy atom. The van der Waals surface area contributed by atoms with Gasteiger partial charge in [-0.15, -0.1) is 0 Å². The number of benzene rings is 2. The summed E-state index contributed by atoms with van der Waals surface area (Å²) in [6, 6.07) is 17.5. The van der Waals surface area contributed by atoms with Crippen molar-refractivity contribution in [3.63, 3.8) is 0 Å². The molecule has 0 bridgehead atoms. The van der Waals surface area contributed by atoms with Crippen molar-refractivity contribution >= 4 is 11.8 Å². The minimum Gasteiger partial charge on any atom is -0.325 e. The first-order valence-corrected chi connectivity index (χ1v) is 10.2. The van der Waals surface area contributed by atoms with Crippen LogP contribution in [0.2, 0.25) is 0 Å². The van der Waals surface area contributed by atoms with Gasteiger partial charge in [-0.2, -0.15) is 0 Å². The highest BCUT2D eigenvalue weighted by atomic mass is 16.2. The van der Waals surface area contributed by atoms with Gasteiger partial charge in [0.1, 0.15) is 0 Å². The van der Waals surface area contributed by atoms with Gasteiger partial charge in [0.25, 0.3) is 0 Å². The third-order valence-corrected chi connectivity index (χ3v) is 5.68. The van der Waals surface area contributed by atoms with E-state index in [1.54, 1.807) is 0 Å². The summed E-state index contributed by atoms with van der Waals surface area (Å²) in [4.78, 5) is 31.3. The summed E-state index contributed by atoms with van der Waals surface area (Å²) in [6.45, 7) is 6.04. The molecule has 2 aliphatic heterocycles. The highest BCUT2D eigenvalue weighted by Gasteiger charge is 2.26. The molecular formula is C23H27N3O2. The van der Waals surface area contributed by atoms with E-state index in [-0.39, 0.29) is 11.8 Å². The van der Waals surface area contributed by atoms with Crippen molar-refractivity contribution in [1.82, 2.24) is 14.7 Å². The first-order valence-electron chi connectivity index (χ1n) is 10.2. The lowest BCUT2D eigenvalue weighted by molar-refractivity contribution is 0.103. The predicted octanol–water partition coefficient (Wildman–Crippen LogP) is 3.25. The van der Waals surface area contributed by atoms with Crippen LogP contribution in [0, 0.1) is 0 Å². The molecule has 2 heterocycles. The Balaban J connectivity index is 1.29. The van der Waals surface area contributed by atoms with Crippen LogP contribution in [-0.4, -0.2) is 65.8 Å². The zero-order valence-electron chi connectivity index (χ0n) is 16.2. The van der Waals surface area contributed by atoms with Crippen LogP contribution in [0.25, 0.3) is 0 Å². The van der Waals surface area contributed by atoms with Crippen molar-refractivity contribution in [2.75, 3.05) is 39.3 Å². The maximum atomic E-state index is 12.5. The molecule has 0 spiro atoms. The number of hydrogen-bond donors (Lipinski definition) is 0. The molecule has 2 aromatic rings. The van der Waals surface area contributed by atoms with Crippen LogP contribution >= 0.6 is 0 Å². The fourth-order valence-electron chi connectivity index (χ4n) is 3.98. The Labute approximate surface area is 166 Å². The zero-order valence-corrected chi connectivity index (χ0v) is 16.2. The Kier molecular flexibility index (Phi) is 5.72. The maximum absolute atomic E-state index is 12.5.